The summed E-state index contributed by atoms with van der Waals surface area (Å²) < 4.78 is 16.1. The van der Waals surface area contributed by atoms with Gasteiger partial charge in [0.15, 0.2) is 0 Å². The molecule has 3 unspecified atom stereocenters. The van der Waals surface area contributed by atoms with Crippen LogP contribution in [0.2, 0.25) is 5.02 Å². The minimum atomic E-state index is -0.898. The third kappa shape index (κ3) is 4.10. The largest absolute Gasteiger partial charge is 0.373 e. The molecule has 6 rings (SSSR count). The van der Waals surface area contributed by atoms with Crippen molar-refractivity contribution in [3.05, 3.63) is 45.9 Å². The molecule has 3 aromatic rings. The van der Waals surface area contributed by atoms with Gasteiger partial charge in [0.2, 0.25) is 5.91 Å². The average Bonchev–Trinajstić information content (AvgIpc) is 3.50. The summed E-state index contributed by atoms with van der Waals surface area (Å²) in [4.78, 5) is 23.6. The maximum Gasteiger partial charge on any atom is 0.225 e. The number of hydrogen-bond acceptors (Lipinski definition) is 6. The molecule has 9 heteroatoms. The van der Waals surface area contributed by atoms with Crippen molar-refractivity contribution >= 4 is 44.7 Å². The number of amides is 1. The first kappa shape index (κ1) is 23.2. The van der Waals surface area contributed by atoms with E-state index >= 15 is 4.39 Å². The highest BCUT2D eigenvalue weighted by molar-refractivity contribution is 7.19. The number of alkyl halides is 1. The summed E-state index contributed by atoms with van der Waals surface area (Å²) in [6, 6.07) is 7.84. The van der Waals surface area contributed by atoms with Crippen LogP contribution in [0.1, 0.15) is 29.7 Å². The van der Waals surface area contributed by atoms with Crippen LogP contribution in [-0.2, 0) is 17.8 Å². The number of pyridine rings is 1. The number of likely N-dealkylation sites (N-methyl/N-ethyl adjacent to an activating group) is 1. The van der Waals surface area contributed by atoms with Crippen LogP contribution in [0.3, 0.4) is 0 Å². The Morgan fingerprint density at radius 3 is 2.83 bits per heavy atom. The zero-order valence-corrected chi connectivity index (χ0v) is 21.2. The number of thiophene rings is 1. The predicted molar refractivity (Wildman–Crippen MR) is 138 cm³/mol. The lowest BCUT2D eigenvalue weighted by molar-refractivity contribution is -0.133. The van der Waals surface area contributed by atoms with Gasteiger partial charge >= 0.3 is 0 Å². The number of fused-ring (bicyclic) bond motifs is 2. The molecule has 2 fully saturated rings. The van der Waals surface area contributed by atoms with Gasteiger partial charge in [0.25, 0.3) is 0 Å². The summed E-state index contributed by atoms with van der Waals surface area (Å²) in [5.74, 6) is -0.0231. The van der Waals surface area contributed by atoms with Crippen LogP contribution in [-0.4, -0.2) is 70.9 Å². The van der Waals surface area contributed by atoms with Gasteiger partial charge in [0, 0.05) is 65.4 Å². The summed E-state index contributed by atoms with van der Waals surface area (Å²) in [7, 11) is 1.97. The highest BCUT2D eigenvalue weighted by atomic mass is 35.5. The van der Waals surface area contributed by atoms with Crippen LogP contribution < -0.4 is 4.90 Å². The van der Waals surface area contributed by atoms with E-state index in [1.54, 1.807) is 17.5 Å². The first-order valence-electron chi connectivity index (χ1n) is 12.2. The van der Waals surface area contributed by atoms with Crippen molar-refractivity contribution in [3.8, 4) is 11.1 Å². The third-order valence-corrected chi connectivity index (χ3v) is 8.82. The quantitative estimate of drug-likeness (QED) is 0.557. The van der Waals surface area contributed by atoms with Crippen molar-refractivity contribution in [2.45, 2.75) is 50.7 Å². The van der Waals surface area contributed by atoms with E-state index in [9.17, 15) is 9.90 Å². The molecule has 2 aromatic heterocycles. The van der Waals surface area contributed by atoms with Crippen molar-refractivity contribution < 1.29 is 14.3 Å². The summed E-state index contributed by atoms with van der Waals surface area (Å²) in [6.45, 7) is 2.34. The fourth-order valence-corrected chi connectivity index (χ4v) is 7.23. The number of likely N-dealkylation sites (tertiary alicyclic amines) is 2. The van der Waals surface area contributed by atoms with E-state index < -0.39 is 12.4 Å². The number of halogens is 2. The molecule has 6 nitrogen and oxygen atoms in total. The van der Waals surface area contributed by atoms with Crippen LogP contribution in [0.5, 0.6) is 0 Å². The number of benzene rings is 1. The monoisotopic (exact) mass is 514 g/mol. The molecule has 184 valence electrons. The number of aromatic nitrogens is 1. The van der Waals surface area contributed by atoms with E-state index in [4.69, 9.17) is 11.6 Å². The maximum atomic E-state index is 15.1. The molecule has 1 N–H and O–H groups in total. The Morgan fingerprint density at radius 2 is 2.09 bits per heavy atom. The lowest BCUT2D eigenvalue weighted by Gasteiger charge is -2.38. The second-order valence-corrected chi connectivity index (χ2v) is 11.5. The smallest absolute Gasteiger partial charge is 0.225 e. The minimum absolute atomic E-state index is 0.0231. The van der Waals surface area contributed by atoms with Crippen LogP contribution in [0, 0.1) is 0 Å². The molecular formula is C26H28ClFN4O2S. The maximum absolute atomic E-state index is 15.1. The van der Waals surface area contributed by atoms with Crippen molar-refractivity contribution in [1.29, 1.82) is 0 Å². The predicted octanol–water partition coefficient (Wildman–Crippen LogP) is 4.46. The SMILES string of the molecule is CN1CC(F)C(N2CCCc3cc(Cl)cc(-c4ccnc5cc(CN6C(=O)CCC6O)sc45)c32)C1. The molecule has 0 bridgehead atoms. The second-order valence-electron chi connectivity index (χ2n) is 9.89. The molecule has 1 amide bonds. The molecule has 3 aliphatic heterocycles. The molecule has 3 aliphatic rings. The Hall–Kier alpha value is -2.26. The Balaban J connectivity index is 1.45. The van der Waals surface area contributed by atoms with E-state index in [0.29, 0.717) is 37.5 Å². The number of nitrogens with zero attached hydrogens (tertiary/aromatic N) is 4. The average molecular weight is 515 g/mol. The molecular weight excluding hydrogens is 487 g/mol. The van der Waals surface area contributed by atoms with Crippen LogP contribution in [0.15, 0.2) is 30.5 Å². The molecule has 3 atom stereocenters. The number of aliphatic hydroxyl groups is 1. The number of carbonyl (C=O) groups is 1. The van der Waals surface area contributed by atoms with Gasteiger partial charge in [-0.3, -0.25) is 9.78 Å². The van der Waals surface area contributed by atoms with Crippen molar-refractivity contribution in [2.75, 3.05) is 31.6 Å². The topological polar surface area (TPSA) is 59.9 Å². The van der Waals surface area contributed by atoms with Gasteiger partial charge in [-0.1, -0.05) is 11.6 Å². The second kappa shape index (κ2) is 9.00. The molecule has 0 saturated carbocycles. The van der Waals surface area contributed by atoms with Crippen molar-refractivity contribution in [2.24, 2.45) is 0 Å². The number of carbonyl (C=O) groups excluding carboxylic acids is 1. The van der Waals surface area contributed by atoms with Gasteiger partial charge < -0.3 is 19.8 Å². The summed E-state index contributed by atoms with van der Waals surface area (Å²) in [5, 5.41) is 10.9. The minimum Gasteiger partial charge on any atom is -0.373 e. The van der Waals surface area contributed by atoms with E-state index in [1.165, 1.54) is 4.90 Å². The number of rotatable bonds is 4. The van der Waals surface area contributed by atoms with Crippen LogP contribution in [0.4, 0.5) is 10.1 Å². The van der Waals surface area contributed by atoms with Crippen molar-refractivity contribution in [1.82, 2.24) is 14.8 Å². The molecule has 0 radical (unpaired) electrons. The Kier molecular flexibility index (Phi) is 5.95. The van der Waals surface area contributed by atoms with Crippen LogP contribution >= 0.6 is 22.9 Å². The summed E-state index contributed by atoms with van der Waals surface area (Å²) >= 11 is 8.20. The molecule has 0 spiro atoms. The van der Waals surface area contributed by atoms with Crippen molar-refractivity contribution in [3.63, 3.8) is 0 Å². The normalized spacial score (nSPS) is 25.1. The Labute approximate surface area is 212 Å². The molecule has 5 heterocycles. The molecule has 35 heavy (non-hydrogen) atoms. The van der Waals surface area contributed by atoms with Gasteiger partial charge in [-0.15, -0.1) is 11.3 Å². The summed E-state index contributed by atoms with van der Waals surface area (Å²) in [5.41, 5.74) is 5.12. The zero-order chi connectivity index (χ0) is 24.3. The first-order valence-corrected chi connectivity index (χ1v) is 13.4. The van der Waals surface area contributed by atoms with E-state index in [-0.39, 0.29) is 11.9 Å². The van der Waals surface area contributed by atoms with Gasteiger partial charge in [0.05, 0.1) is 22.8 Å². The fraction of sp³-hybridized carbons (Fsp3) is 0.462. The standard InChI is InChI=1S/C26H28ClFN4O2S/c1-30-13-20(28)22(14-30)31-8-2-3-15-9-16(27)10-19(25(15)31)18-6-7-29-21-11-17(35-26(18)21)12-32-23(33)4-5-24(32)34/h6-7,9-11,20,22-23,33H,2-5,8,12-14H2,1H3. The first-order chi connectivity index (χ1) is 16.9. The van der Waals surface area contributed by atoms with Crippen LogP contribution in [0.25, 0.3) is 21.3 Å². The third-order valence-electron chi connectivity index (χ3n) is 7.46. The van der Waals surface area contributed by atoms with Gasteiger partial charge in [-0.05, 0) is 49.7 Å². The number of anilines is 1. The van der Waals surface area contributed by atoms with Gasteiger partial charge in [-0.2, -0.15) is 0 Å². The lowest BCUT2D eigenvalue weighted by atomic mass is 9.92. The number of aryl methyl sites for hydroxylation is 1. The zero-order valence-electron chi connectivity index (χ0n) is 19.6. The number of hydrogen-bond donors (Lipinski definition) is 1. The Bertz CT molecular complexity index is 1300. The molecule has 0 aliphatic carbocycles. The summed E-state index contributed by atoms with van der Waals surface area (Å²) in [6.07, 6.45) is 2.91. The van der Waals surface area contributed by atoms with E-state index in [2.05, 4.69) is 14.8 Å². The lowest BCUT2D eigenvalue weighted by Crippen LogP contribution is -2.45. The molecule has 1 aromatic carbocycles. The van der Waals surface area contributed by atoms with E-state index in [1.807, 2.05) is 31.3 Å². The van der Waals surface area contributed by atoms with Gasteiger partial charge in [0.1, 0.15) is 12.4 Å². The fourth-order valence-electron chi connectivity index (χ4n) is 5.85. The highest BCUT2D eigenvalue weighted by Gasteiger charge is 2.38. The van der Waals surface area contributed by atoms with E-state index in [0.717, 1.165) is 56.9 Å². The Morgan fingerprint density at radius 1 is 1.23 bits per heavy atom. The number of aliphatic hydroxyl groups excluding tert-OH is 1. The highest BCUT2D eigenvalue weighted by Crippen LogP contribution is 2.45. The molecule has 2 saturated heterocycles. The van der Waals surface area contributed by atoms with Gasteiger partial charge in [-0.25, -0.2) is 4.39 Å².